The van der Waals surface area contributed by atoms with E-state index in [9.17, 15) is 14.4 Å². The molecule has 1 unspecified atom stereocenters. The molecule has 1 atom stereocenters. The molecule has 0 saturated carbocycles. The Balaban J connectivity index is 2.34. The molecule has 3 amide bonds. The minimum absolute atomic E-state index is 0.234. The largest absolute Gasteiger partial charge is 0.478 e. The lowest BCUT2D eigenvalue weighted by molar-refractivity contribution is -0.131. The minimum atomic E-state index is -1.26. The van der Waals surface area contributed by atoms with Gasteiger partial charge < -0.3 is 14.8 Å². The van der Waals surface area contributed by atoms with Crippen molar-refractivity contribution in [1.29, 1.82) is 0 Å². The fraction of sp³-hybridized carbons (Fsp3) is 0.250. The van der Waals surface area contributed by atoms with Crippen LogP contribution in [0.5, 0.6) is 0 Å². The predicted octanol–water partition coefficient (Wildman–Crippen LogP) is 0.677. The van der Waals surface area contributed by atoms with Crippen LogP contribution in [0.4, 0.5) is 4.79 Å². The number of carbonyl (C=O) groups is 3. The Hall–Kier alpha value is -2.57. The van der Waals surface area contributed by atoms with Crippen LogP contribution in [-0.4, -0.2) is 29.1 Å². The van der Waals surface area contributed by atoms with Gasteiger partial charge in [-0.1, -0.05) is 0 Å². The molecule has 1 aromatic heterocycles. The third kappa shape index (κ3) is 6.06. The van der Waals surface area contributed by atoms with Crippen LogP contribution in [0, 0.1) is 0 Å². The van der Waals surface area contributed by atoms with E-state index in [1.54, 1.807) is 19.1 Å². The highest BCUT2D eigenvalue weighted by atomic mass is 16.4. The molecule has 3 N–H and O–H groups in total. The molecule has 0 aliphatic rings. The van der Waals surface area contributed by atoms with Gasteiger partial charge in [0.05, 0.1) is 6.26 Å². The van der Waals surface area contributed by atoms with Gasteiger partial charge in [-0.15, -0.1) is 0 Å². The van der Waals surface area contributed by atoms with Gasteiger partial charge in [-0.2, -0.15) is 0 Å². The number of carboxylic acid groups (broad SMARTS) is 1. The van der Waals surface area contributed by atoms with Crippen LogP contribution in [0.1, 0.15) is 12.7 Å². The molecule has 1 aromatic rings. The summed E-state index contributed by atoms with van der Waals surface area (Å²) in [7, 11) is 0. The number of hydrogen-bond acceptors (Lipinski definition) is 4. The molecule has 0 aliphatic heterocycles. The Bertz CT molecular complexity index is 478. The van der Waals surface area contributed by atoms with Crippen molar-refractivity contribution in [2.24, 2.45) is 0 Å². The van der Waals surface area contributed by atoms with Crippen molar-refractivity contribution in [2.75, 3.05) is 0 Å². The van der Waals surface area contributed by atoms with Gasteiger partial charge >= 0.3 is 12.0 Å². The highest BCUT2D eigenvalue weighted by molar-refractivity contribution is 6.02. The van der Waals surface area contributed by atoms with Crippen molar-refractivity contribution in [3.8, 4) is 0 Å². The van der Waals surface area contributed by atoms with Crippen LogP contribution < -0.4 is 10.6 Å². The summed E-state index contributed by atoms with van der Waals surface area (Å²) in [6.07, 6.45) is 3.43. The van der Waals surface area contributed by atoms with Crippen LogP contribution in [-0.2, 0) is 16.0 Å². The summed E-state index contributed by atoms with van der Waals surface area (Å²) in [5.74, 6) is -1.35. The Morgan fingerprint density at radius 3 is 2.74 bits per heavy atom. The number of carbonyl (C=O) groups excluding carboxylic acids is 2. The SMILES string of the molecule is CC(Cc1ccco1)NC(=O)NC(=O)C=CC(=O)O. The Labute approximate surface area is 109 Å². The first-order valence-electron chi connectivity index (χ1n) is 5.52. The zero-order chi connectivity index (χ0) is 14.3. The number of hydrogen-bond donors (Lipinski definition) is 3. The number of nitrogens with one attached hydrogen (secondary N) is 2. The van der Waals surface area contributed by atoms with Crippen LogP contribution in [0.25, 0.3) is 0 Å². The second kappa shape index (κ2) is 7.00. The average molecular weight is 266 g/mol. The number of carboxylic acids is 1. The Morgan fingerprint density at radius 2 is 2.16 bits per heavy atom. The standard InChI is InChI=1S/C12H14N2O5/c1-8(7-9-3-2-6-19-9)13-12(18)14-10(15)4-5-11(16)17/h2-6,8H,7H2,1H3,(H,16,17)(H2,13,14,15,18). The fourth-order valence-electron chi connectivity index (χ4n) is 1.34. The summed E-state index contributed by atoms with van der Waals surface area (Å²) in [6.45, 7) is 1.75. The van der Waals surface area contributed by atoms with Crippen molar-refractivity contribution < 1.29 is 23.9 Å². The third-order valence-corrected chi connectivity index (χ3v) is 2.08. The smallest absolute Gasteiger partial charge is 0.328 e. The maximum absolute atomic E-state index is 11.4. The number of rotatable bonds is 5. The average Bonchev–Trinajstić information content (AvgIpc) is 2.78. The Morgan fingerprint density at radius 1 is 1.42 bits per heavy atom. The predicted molar refractivity (Wildman–Crippen MR) is 65.3 cm³/mol. The maximum Gasteiger partial charge on any atom is 0.328 e. The molecule has 1 rings (SSSR count). The number of aliphatic carboxylic acids is 1. The highest BCUT2D eigenvalue weighted by Crippen LogP contribution is 2.03. The summed E-state index contributed by atoms with van der Waals surface area (Å²) in [4.78, 5) is 32.7. The van der Waals surface area contributed by atoms with Crippen molar-refractivity contribution in [1.82, 2.24) is 10.6 Å². The molecule has 102 valence electrons. The topological polar surface area (TPSA) is 109 Å². The second-order valence-corrected chi connectivity index (χ2v) is 3.82. The minimum Gasteiger partial charge on any atom is -0.478 e. The summed E-state index contributed by atoms with van der Waals surface area (Å²) in [6, 6.07) is 2.58. The molecule has 0 radical (unpaired) electrons. The van der Waals surface area contributed by atoms with Crippen LogP contribution >= 0.6 is 0 Å². The van der Waals surface area contributed by atoms with Gasteiger partial charge in [-0.25, -0.2) is 9.59 Å². The van der Waals surface area contributed by atoms with E-state index >= 15 is 0 Å². The zero-order valence-corrected chi connectivity index (χ0v) is 10.3. The summed E-state index contributed by atoms with van der Waals surface area (Å²) in [5, 5.41) is 12.8. The van der Waals surface area contributed by atoms with E-state index in [0.717, 1.165) is 6.08 Å². The van der Waals surface area contributed by atoms with Gasteiger partial charge in [-0.05, 0) is 19.1 Å². The van der Waals surface area contributed by atoms with Gasteiger partial charge in [0, 0.05) is 24.6 Å². The number of furan rings is 1. The molecule has 1 heterocycles. The second-order valence-electron chi connectivity index (χ2n) is 3.82. The number of amides is 3. The summed E-state index contributed by atoms with van der Waals surface area (Å²) >= 11 is 0. The van der Waals surface area contributed by atoms with Crippen LogP contribution in [0.2, 0.25) is 0 Å². The lowest BCUT2D eigenvalue weighted by Crippen LogP contribution is -2.43. The van der Waals surface area contributed by atoms with E-state index in [2.05, 4.69) is 5.32 Å². The first-order valence-corrected chi connectivity index (χ1v) is 5.52. The normalized spacial score (nSPS) is 12.1. The monoisotopic (exact) mass is 266 g/mol. The van der Waals surface area contributed by atoms with E-state index in [4.69, 9.17) is 9.52 Å². The van der Waals surface area contributed by atoms with Crippen molar-refractivity contribution in [3.63, 3.8) is 0 Å². The van der Waals surface area contributed by atoms with E-state index in [0.29, 0.717) is 18.3 Å². The van der Waals surface area contributed by atoms with Crippen LogP contribution in [0.15, 0.2) is 35.0 Å². The molecular weight excluding hydrogens is 252 g/mol. The van der Waals surface area contributed by atoms with Crippen molar-refractivity contribution in [3.05, 3.63) is 36.3 Å². The van der Waals surface area contributed by atoms with Gasteiger partial charge in [0.25, 0.3) is 5.91 Å². The quantitative estimate of drug-likeness (QED) is 0.679. The van der Waals surface area contributed by atoms with Crippen molar-refractivity contribution >= 4 is 17.9 Å². The zero-order valence-electron chi connectivity index (χ0n) is 10.3. The molecule has 0 fully saturated rings. The summed E-state index contributed by atoms with van der Waals surface area (Å²) in [5.41, 5.74) is 0. The van der Waals surface area contributed by atoms with Gasteiger partial charge in [-0.3, -0.25) is 10.1 Å². The Kier molecular flexibility index (Phi) is 5.34. The lowest BCUT2D eigenvalue weighted by Gasteiger charge is -2.12. The molecular formula is C12H14N2O5. The first kappa shape index (κ1) is 14.5. The molecule has 7 nitrogen and oxygen atoms in total. The number of imide groups is 1. The first-order chi connectivity index (χ1) is 8.97. The van der Waals surface area contributed by atoms with Gasteiger partial charge in [0.2, 0.25) is 0 Å². The molecule has 7 heteroatoms. The fourth-order valence-corrected chi connectivity index (χ4v) is 1.34. The van der Waals surface area contributed by atoms with Gasteiger partial charge in [0.15, 0.2) is 0 Å². The molecule has 0 aromatic carbocycles. The van der Waals surface area contributed by atoms with E-state index in [-0.39, 0.29) is 6.04 Å². The molecule has 19 heavy (non-hydrogen) atoms. The number of urea groups is 1. The van der Waals surface area contributed by atoms with E-state index in [1.165, 1.54) is 6.26 Å². The third-order valence-electron chi connectivity index (χ3n) is 2.08. The molecule has 0 bridgehead atoms. The molecule has 0 saturated heterocycles. The van der Waals surface area contributed by atoms with E-state index < -0.39 is 17.9 Å². The van der Waals surface area contributed by atoms with Crippen molar-refractivity contribution in [2.45, 2.75) is 19.4 Å². The van der Waals surface area contributed by atoms with Gasteiger partial charge in [0.1, 0.15) is 5.76 Å². The van der Waals surface area contributed by atoms with Crippen LogP contribution in [0.3, 0.4) is 0 Å². The molecule has 0 aliphatic carbocycles. The lowest BCUT2D eigenvalue weighted by atomic mass is 10.2. The highest BCUT2D eigenvalue weighted by Gasteiger charge is 2.11. The maximum atomic E-state index is 11.4. The summed E-state index contributed by atoms with van der Waals surface area (Å²) < 4.78 is 5.12. The van der Waals surface area contributed by atoms with E-state index in [1.807, 2.05) is 5.32 Å². The molecule has 0 spiro atoms.